The number of pyridine rings is 1. The molecular weight excluding hydrogens is 446 g/mol. The third-order valence-corrected chi connectivity index (χ3v) is 7.57. The molecule has 1 amide bonds. The van der Waals surface area contributed by atoms with E-state index in [9.17, 15) is 4.79 Å². The molecule has 0 unspecified atom stereocenters. The van der Waals surface area contributed by atoms with E-state index in [1.54, 1.807) is 6.20 Å². The molecule has 2 aliphatic rings. The van der Waals surface area contributed by atoms with E-state index in [4.69, 9.17) is 4.74 Å². The second-order valence-corrected chi connectivity index (χ2v) is 10.3. The van der Waals surface area contributed by atoms with Gasteiger partial charge in [-0.1, -0.05) is 67.8 Å². The standard InChI is InChI=1S/C31H37N3O2/c35-31(28-14-12-27(13-15-28)26-9-5-2-6-10-26)33-22-25-11-16-30(32-21-25)36-29-17-19-34(20-18-29)23-24-7-3-1-4-8-24/h2,5-6,9-16,21,24,29H,1,3-4,7-8,17-20,22-23H2,(H,33,35). The van der Waals surface area contributed by atoms with Crippen molar-refractivity contribution in [1.82, 2.24) is 15.2 Å². The van der Waals surface area contributed by atoms with Gasteiger partial charge in [-0.25, -0.2) is 4.98 Å². The Kier molecular flexibility index (Phi) is 8.29. The first-order chi connectivity index (χ1) is 17.7. The Bertz CT molecular complexity index is 1080. The summed E-state index contributed by atoms with van der Waals surface area (Å²) in [5.74, 6) is 1.49. The van der Waals surface area contributed by atoms with Crippen molar-refractivity contribution in [2.75, 3.05) is 19.6 Å². The van der Waals surface area contributed by atoms with Crippen molar-refractivity contribution in [2.45, 2.75) is 57.6 Å². The number of carbonyl (C=O) groups excluding carboxylic acids is 1. The first-order valence-corrected chi connectivity index (χ1v) is 13.5. The Balaban J connectivity index is 1.05. The molecule has 0 spiro atoms. The van der Waals surface area contributed by atoms with Crippen LogP contribution >= 0.6 is 0 Å². The Morgan fingerprint density at radius 1 is 0.861 bits per heavy atom. The molecule has 1 aliphatic carbocycles. The van der Waals surface area contributed by atoms with E-state index >= 15 is 0 Å². The topological polar surface area (TPSA) is 54.5 Å². The van der Waals surface area contributed by atoms with Gasteiger partial charge in [0.15, 0.2) is 0 Å². The number of carbonyl (C=O) groups is 1. The first-order valence-electron chi connectivity index (χ1n) is 13.5. The van der Waals surface area contributed by atoms with Gasteiger partial charge in [0.25, 0.3) is 5.91 Å². The number of likely N-dealkylation sites (tertiary alicyclic amines) is 1. The SMILES string of the molecule is O=C(NCc1ccc(OC2CCN(CC3CCCCC3)CC2)nc1)c1ccc(-c2ccccc2)cc1. The van der Waals surface area contributed by atoms with E-state index in [0.717, 1.165) is 48.5 Å². The predicted octanol–water partition coefficient (Wildman–Crippen LogP) is 6.10. The van der Waals surface area contributed by atoms with Crippen molar-refractivity contribution in [3.8, 4) is 17.0 Å². The first kappa shape index (κ1) is 24.5. The van der Waals surface area contributed by atoms with Gasteiger partial charge in [-0.05, 0) is 60.4 Å². The summed E-state index contributed by atoms with van der Waals surface area (Å²) >= 11 is 0. The van der Waals surface area contributed by atoms with Crippen molar-refractivity contribution in [1.29, 1.82) is 0 Å². The highest BCUT2D eigenvalue weighted by molar-refractivity contribution is 5.94. The highest BCUT2D eigenvalue weighted by atomic mass is 16.5. The Labute approximate surface area is 214 Å². The van der Waals surface area contributed by atoms with Crippen LogP contribution in [0.15, 0.2) is 72.9 Å². The number of aromatic nitrogens is 1. The zero-order valence-electron chi connectivity index (χ0n) is 21.1. The van der Waals surface area contributed by atoms with Crippen molar-refractivity contribution >= 4 is 5.91 Å². The van der Waals surface area contributed by atoms with Crippen LogP contribution in [0.5, 0.6) is 5.88 Å². The fourth-order valence-corrected chi connectivity index (χ4v) is 5.43. The summed E-state index contributed by atoms with van der Waals surface area (Å²) in [6, 6.07) is 21.8. The summed E-state index contributed by atoms with van der Waals surface area (Å²) < 4.78 is 6.17. The van der Waals surface area contributed by atoms with Crippen LogP contribution in [0.4, 0.5) is 0 Å². The van der Waals surface area contributed by atoms with Crippen LogP contribution in [0, 0.1) is 5.92 Å². The number of hydrogen-bond acceptors (Lipinski definition) is 4. The van der Waals surface area contributed by atoms with Crippen LogP contribution in [0.1, 0.15) is 60.9 Å². The number of benzene rings is 2. The zero-order valence-corrected chi connectivity index (χ0v) is 21.1. The zero-order chi connectivity index (χ0) is 24.6. The monoisotopic (exact) mass is 483 g/mol. The lowest BCUT2D eigenvalue weighted by molar-refractivity contribution is 0.0833. The molecule has 2 heterocycles. The normalized spacial score (nSPS) is 17.6. The smallest absolute Gasteiger partial charge is 0.251 e. The number of hydrogen-bond donors (Lipinski definition) is 1. The van der Waals surface area contributed by atoms with Crippen molar-refractivity contribution in [3.05, 3.63) is 84.1 Å². The lowest BCUT2D eigenvalue weighted by Crippen LogP contribution is -2.41. The molecule has 5 rings (SSSR count). The van der Waals surface area contributed by atoms with Crippen molar-refractivity contribution in [3.63, 3.8) is 0 Å². The van der Waals surface area contributed by atoms with E-state index in [2.05, 4.69) is 27.3 Å². The van der Waals surface area contributed by atoms with Gasteiger partial charge >= 0.3 is 0 Å². The Morgan fingerprint density at radius 2 is 1.58 bits per heavy atom. The molecule has 1 saturated carbocycles. The van der Waals surface area contributed by atoms with Crippen molar-refractivity contribution < 1.29 is 9.53 Å². The molecule has 1 saturated heterocycles. The summed E-state index contributed by atoms with van der Waals surface area (Å²) in [6.07, 6.45) is 11.2. The number of amides is 1. The van der Waals surface area contributed by atoms with Gasteiger partial charge in [0.1, 0.15) is 6.10 Å². The van der Waals surface area contributed by atoms with Crippen LogP contribution in [-0.2, 0) is 6.54 Å². The Hall–Kier alpha value is -3.18. The van der Waals surface area contributed by atoms with E-state index in [1.807, 2.05) is 54.6 Å². The molecule has 2 fully saturated rings. The van der Waals surface area contributed by atoms with E-state index < -0.39 is 0 Å². The molecular formula is C31H37N3O2. The molecule has 5 nitrogen and oxygen atoms in total. The third-order valence-electron chi connectivity index (χ3n) is 7.57. The fourth-order valence-electron chi connectivity index (χ4n) is 5.43. The van der Waals surface area contributed by atoms with Gasteiger partial charge in [-0.15, -0.1) is 0 Å². The minimum Gasteiger partial charge on any atom is -0.474 e. The van der Waals surface area contributed by atoms with Gasteiger partial charge < -0.3 is 15.0 Å². The van der Waals surface area contributed by atoms with Crippen LogP contribution in [0.2, 0.25) is 0 Å². The molecule has 1 aliphatic heterocycles. The predicted molar refractivity (Wildman–Crippen MR) is 144 cm³/mol. The van der Waals surface area contributed by atoms with Crippen LogP contribution in [0.3, 0.4) is 0 Å². The average molecular weight is 484 g/mol. The molecule has 1 N–H and O–H groups in total. The minimum atomic E-state index is -0.0880. The maximum atomic E-state index is 12.6. The largest absolute Gasteiger partial charge is 0.474 e. The van der Waals surface area contributed by atoms with Gasteiger partial charge in [0.05, 0.1) is 0 Å². The molecule has 2 aromatic carbocycles. The van der Waals surface area contributed by atoms with Gasteiger partial charge in [0.2, 0.25) is 5.88 Å². The molecule has 0 radical (unpaired) electrons. The van der Waals surface area contributed by atoms with Crippen molar-refractivity contribution in [2.24, 2.45) is 5.92 Å². The minimum absolute atomic E-state index is 0.0880. The molecule has 1 aromatic heterocycles. The molecule has 0 bridgehead atoms. The highest BCUT2D eigenvalue weighted by Gasteiger charge is 2.24. The second-order valence-electron chi connectivity index (χ2n) is 10.3. The average Bonchev–Trinajstić information content (AvgIpc) is 2.95. The van der Waals surface area contributed by atoms with E-state index in [-0.39, 0.29) is 12.0 Å². The van der Waals surface area contributed by atoms with Crippen LogP contribution in [-0.4, -0.2) is 41.5 Å². The number of nitrogens with one attached hydrogen (secondary N) is 1. The van der Waals surface area contributed by atoms with Gasteiger partial charge in [-0.3, -0.25) is 4.79 Å². The maximum Gasteiger partial charge on any atom is 0.251 e. The summed E-state index contributed by atoms with van der Waals surface area (Å²) in [4.78, 5) is 19.7. The lowest BCUT2D eigenvalue weighted by Gasteiger charge is -2.35. The second kappa shape index (κ2) is 12.2. The summed E-state index contributed by atoms with van der Waals surface area (Å²) in [5.41, 5.74) is 3.85. The van der Waals surface area contributed by atoms with E-state index in [1.165, 1.54) is 38.6 Å². The molecule has 3 aromatic rings. The van der Waals surface area contributed by atoms with Crippen LogP contribution < -0.4 is 10.1 Å². The Morgan fingerprint density at radius 3 is 2.28 bits per heavy atom. The number of rotatable bonds is 8. The molecule has 0 atom stereocenters. The number of ether oxygens (including phenoxy) is 1. The summed E-state index contributed by atoms with van der Waals surface area (Å²) in [7, 11) is 0. The number of nitrogens with zero attached hydrogens (tertiary/aromatic N) is 2. The van der Waals surface area contributed by atoms with Gasteiger partial charge in [0, 0.05) is 44.0 Å². The molecule has 5 heteroatoms. The summed E-state index contributed by atoms with van der Waals surface area (Å²) in [5, 5.41) is 2.99. The third kappa shape index (κ3) is 6.73. The fraction of sp³-hybridized carbons (Fsp3) is 0.419. The highest BCUT2D eigenvalue weighted by Crippen LogP contribution is 2.26. The maximum absolute atomic E-state index is 12.6. The molecule has 188 valence electrons. The quantitative estimate of drug-likeness (QED) is 0.420. The van der Waals surface area contributed by atoms with Gasteiger partial charge in [-0.2, -0.15) is 0 Å². The number of piperidine rings is 1. The summed E-state index contributed by atoms with van der Waals surface area (Å²) in [6.45, 7) is 3.95. The van der Waals surface area contributed by atoms with Crippen LogP contribution in [0.25, 0.3) is 11.1 Å². The lowest BCUT2D eigenvalue weighted by atomic mass is 9.88. The molecule has 36 heavy (non-hydrogen) atoms. The van der Waals surface area contributed by atoms with E-state index in [0.29, 0.717) is 18.0 Å².